The van der Waals surface area contributed by atoms with Crippen LogP contribution in [0.15, 0.2) is 30.7 Å². The standard InChI is InChI=1S/C12H8FN3OS/c13-5-1-2-10-8-15-12(18-10)11(17)16-9-3-6-14-7-4-9/h3-4,6-8H,5H2,(H,14,16,17). The molecule has 0 bridgehead atoms. The fraction of sp³-hybridized carbons (Fsp3) is 0.0833. The van der Waals surface area contributed by atoms with Gasteiger partial charge in [0.05, 0.1) is 11.1 Å². The number of thiazole rings is 1. The van der Waals surface area contributed by atoms with Gasteiger partial charge < -0.3 is 5.32 Å². The summed E-state index contributed by atoms with van der Waals surface area (Å²) >= 11 is 1.12. The van der Waals surface area contributed by atoms with Gasteiger partial charge in [-0.25, -0.2) is 9.37 Å². The number of nitrogens with one attached hydrogen (secondary N) is 1. The first kappa shape index (κ1) is 12.2. The zero-order valence-electron chi connectivity index (χ0n) is 9.18. The van der Waals surface area contributed by atoms with Crippen molar-refractivity contribution in [3.05, 3.63) is 40.6 Å². The third-order valence-electron chi connectivity index (χ3n) is 1.92. The fourth-order valence-corrected chi connectivity index (χ4v) is 1.86. The molecule has 1 N–H and O–H groups in total. The predicted molar refractivity (Wildman–Crippen MR) is 67.2 cm³/mol. The lowest BCUT2D eigenvalue weighted by Crippen LogP contribution is -2.11. The summed E-state index contributed by atoms with van der Waals surface area (Å²) in [5, 5.41) is 2.96. The molecule has 1 amide bonds. The number of hydrogen-bond donors (Lipinski definition) is 1. The van der Waals surface area contributed by atoms with Crippen molar-refractivity contribution in [2.75, 3.05) is 12.0 Å². The second-order valence-electron chi connectivity index (χ2n) is 3.16. The molecule has 0 radical (unpaired) electrons. The lowest BCUT2D eigenvalue weighted by Gasteiger charge is -2.00. The van der Waals surface area contributed by atoms with Crippen LogP contribution < -0.4 is 5.32 Å². The van der Waals surface area contributed by atoms with Crippen LogP contribution in [-0.2, 0) is 0 Å². The number of alkyl halides is 1. The maximum absolute atomic E-state index is 11.9. The van der Waals surface area contributed by atoms with E-state index in [0.717, 1.165) is 11.3 Å². The first-order valence-corrected chi connectivity index (χ1v) is 5.83. The van der Waals surface area contributed by atoms with Crippen molar-refractivity contribution >= 4 is 22.9 Å². The minimum atomic E-state index is -0.712. The quantitative estimate of drug-likeness (QED) is 0.842. The monoisotopic (exact) mass is 261 g/mol. The van der Waals surface area contributed by atoms with E-state index in [9.17, 15) is 9.18 Å². The molecule has 0 aliphatic rings. The van der Waals surface area contributed by atoms with Crippen molar-refractivity contribution in [1.29, 1.82) is 0 Å². The number of carbonyl (C=O) groups is 1. The zero-order chi connectivity index (χ0) is 12.8. The highest BCUT2D eigenvalue weighted by Gasteiger charge is 2.10. The Kier molecular flexibility index (Phi) is 3.99. The van der Waals surface area contributed by atoms with Crippen molar-refractivity contribution in [3.63, 3.8) is 0 Å². The number of hydrogen-bond acceptors (Lipinski definition) is 4. The Balaban J connectivity index is 2.08. The Bertz CT molecular complexity index is 601. The summed E-state index contributed by atoms with van der Waals surface area (Å²) in [5.41, 5.74) is 0.640. The predicted octanol–water partition coefficient (Wildman–Crippen LogP) is 2.11. The van der Waals surface area contributed by atoms with E-state index >= 15 is 0 Å². The van der Waals surface area contributed by atoms with Gasteiger partial charge in [-0.1, -0.05) is 11.8 Å². The molecule has 0 atom stereocenters. The minimum absolute atomic E-state index is 0.287. The molecule has 2 heterocycles. The first-order chi connectivity index (χ1) is 8.79. The van der Waals surface area contributed by atoms with Gasteiger partial charge in [-0.15, -0.1) is 11.3 Å². The van der Waals surface area contributed by atoms with E-state index < -0.39 is 6.67 Å². The SMILES string of the molecule is O=C(Nc1ccncc1)c1ncc(C#CCF)s1. The number of rotatable bonds is 2. The molecule has 0 aliphatic carbocycles. The molecule has 0 saturated carbocycles. The molecular weight excluding hydrogens is 253 g/mol. The molecule has 0 saturated heterocycles. The van der Waals surface area contributed by atoms with Gasteiger partial charge in [0.25, 0.3) is 5.91 Å². The van der Waals surface area contributed by atoms with Crippen LogP contribution in [0.25, 0.3) is 0 Å². The minimum Gasteiger partial charge on any atom is -0.320 e. The molecule has 4 nitrogen and oxygen atoms in total. The summed E-state index contributed by atoms with van der Waals surface area (Å²) in [6.07, 6.45) is 4.61. The van der Waals surface area contributed by atoms with Crippen LogP contribution in [-0.4, -0.2) is 22.5 Å². The highest BCUT2D eigenvalue weighted by atomic mass is 32.1. The average Bonchev–Trinajstić information content (AvgIpc) is 2.86. The van der Waals surface area contributed by atoms with Crippen LogP contribution in [0.1, 0.15) is 14.7 Å². The van der Waals surface area contributed by atoms with E-state index in [4.69, 9.17) is 0 Å². The molecular formula is C12H8FN3OS. The average molecular weight is 261 g/mol. The lowest BCUT2D eigenvalue weighted by molar-refractivity contribution is 0.102. The second kappa shape index (κ2) is 5.89. The van der Waals surface area contributed by atoms with Crippen LogP contribution in [0.3, 0.4) is 0 Å². The smallest absolute Gasteiger partial charge is 0.284 e. The summed E-state index contributed by atoms with van der Waals surface area (Å²) in [7, 11) is 0. The molecule has 90 valence electrons. The van der Waals surface area contributed by atoms with Gasteiger partial charge in [-0.2, -0.15) is 0 Å². The number of pyridine rings is 1. The number of aromatic nitrogens is 2. The van der Waals surface area contributed by atoms with E-state index in [1.54, 1.807) is 24.5 Å². The number of anilines is 1. The van der Waals surface area contributed by atoms with Gasteiger partial charge >= 0.3 is 0 Å². The van der Waals surface area contributed by atoms with Gasteiger partial charge in [0.1, 0.15) is 0 Å². The largest absolute Gasteiger partial charge is 0.320 e. The van der Waals surface area contributed by atoms with Crippen LogP contribution >= 0.6 is 11.3 Å². The van der Waals surface area contributed by atoms with Crippen molar-refractivity contribution in [2.45, 2.75) is 0 Å². The molecule has 6 heteroatoms. The Morgan fingerprint density at radius 1 is 1.44 bits per heavy atom. The summed E-state index contributed by atoms with van der Waals surface area (Å²) < 4.78 is 11.9. The summed E-state index contributed by atoms with van der Waals surface area (Å²) in [5.74, 6) is 4.53. The highest BCUT2D eigenvalue weighted by Crippen LogP contribution is 2.14. The van der Waals surface area contributed by atoms with E-state index in [1.165, 1.54) is 6.20 Å². The summed E-state index contributed by atoms with van der Waals surface area (Å²) in [6, 6.07) is 3.35. The van der Waals surface area contributed by atoms with Crippen LogP contribution in [0.5, 0.6) is 0 Å². The molecule has 0 aromatic carbocycles. The van der Waals surface area contributed by atoms with Gasteiger partial charge in [0.15, 0.2) is 11.7 Å². The van der Waals surface area contributed by atoms with Gasteiger partial charge in [-0.3, -0.25) is 9.78 Å². The number of amides is 1. The van der Waals surface area contributed by atoms with E-state index in [0.29, 0.717) is 10.6 Å². The molecule has 0 unspecified atom stereocenters. The lowest BCUT2D eigenvalue weighted by atomic mass is 10.4. The van der Waals surface area contributed by atoms with Crippen LogP contribution in [0.2, 0.25) is 0 Å². The third kappa shape index (κ3) is 3.12. The molecule has 2 aromatic rings. The third-order valence-corrected chi connectivity index (χ3v) is 2.83. The molecule has 2 rings (SSSR count). The van der Waals surface area contributed by atoms with E-state index in [-0.39, 0.29) is 10.9 Å². The Hall–Kier alpha value is -2.26. The maximum atomic E-state index is 11.9. The van der Waals surface area contributed by atoms with Gasteiger partial charge in [0, 0.05) is 18.1 Å². The van der Waals surface area contributed by atoms with Crippen LogP contribution in [0, 0.1) is 11.8 Å². The Labute approximate surface area is 107 Å². The van der Waals surface area contributed by atoms with Crippen molar-refractivity contribution in [2.24, 2.45) is 0 Å². The maximum Gasteiger partial charge on any atom is 0.284 e. The molecule has 0 aliphatic heterocycles. The fourth-order valence-electron chi connectivity index (χ4n) is 1.18. The number of halogens is 1. The van der Waals surface area contributed by atoms with Gasteiger partial charge in [0.2, 0.25) is 0 Å². The molecule has 0 fully saturated rings. The molecule has 18 heavy (non-hydrogen) atoms. The second-order valence-corrected chi connectivity index (χ2v) is 4.19. The topological polar surface area (TPSA) is 54.9 Å². The Morgan fingerprint density at radius 2 is 2.22 bits per heavy atom. The highest BCUT2D eigenvalue weighted by molar-refractivity contribution is 7.14. The van der Waals surface area contributed by atoms with E-state index in [1.807, 2.05) is 0 Å². The van der Waals surface area contributed by atoms with Crippen LogP contribution in [0.4, 0.5) is 10.1 Å². The first-order valence-electron chi connectivity index (χ1n) is 5.01. The normalized spacial score (nSPS) is 9.39. The summed E-state index contributed by atoms with van der Waals surface area (Å²) in [4.78, 5) is 20.1. The van der Waals surface area contributed by atoms with Crippen molar-refractivity contribution in [3.8, 4) is 11.8 Å². The molecule has 0 spiro atoms. The Morgan fingerprint density at radius 3 is 2.94 bits per heavy atom. The van der Waals surface area contributed by atoms with Crippen molar-refractivity contribution < 1.29 is 9.18 Å². The number of carbonyl (C=O) groups excluding carboxylic acids is 1. The summed E-state index contributed by atoms with van der Waals surface area (Å²) in [6.45, 7) is -0.712. The van der Waals surface area contributed by atoms with Crippen molar-refractivity contribution in [1.82, 2.24) is 9.97 Å². The zero-order valence-corrected chi connectivity index (χ0v) is 10.00. The number of nitrogens with zero attached hydrogens (tertiary/aromatic N) is 2. The van der Waals surface area contributed by atoms with E-state index in [2.05, 4.69) is 27.1 Å². The van der Waals surface area contributed by atoms with Gasteiger partial charge in [-0.05, 0) is 12.1 Å². The molecule has 2 aromatic heterocycles.